The van der Waals surface area contributed by atoms with Gasteiger partial charge in [0.25, 0.3) is 0 Å². The van der Waals surface area contributed by atoms with E-state index in [1.807, 2.05) is 27.7 Å². The van der Waals surface area contributed by atoms with Gasteiger partial charge in [0.15, 0.2) is 5.78 Å². The van der Waals surface area contributed by atoms with Crippen LogP contribution in [0.15, 0.2) is 71.0 Å². The van der Waals surface area contributed by atoms with Crippen LogP contribution in [0.3, 0.4) is 0 Å². The Morgan fingerprint density at radius 1 is 0.827 bits per heavy atom. The number of carbonyl (C=O) groups is 1. The van der Waals surface area contributed by atoms with Crippen molar-refractivity contribution in [2.45, 2.75) is 136 Å². The fourth-order valence-corrected chi connectivity index (χ4v) is 8.64. The molecule has 7 rings (SSSR count). The van der Waals surface area contributed by atoms with E-state index in [0.29, 0.717) is 17.8 Å². The molecule has 4 nitrogen and oxygen atoms in total. The second kappa shape index (κ2) is 18.2. The zero-order chi connectivity index (χ0) is 36.1. The molecule has 0 bridgehead atoms. The minimum absolute atomic E-state index is 0. The maximum absolute atomic E-state index is 11.7. The number of fused-ring (bicyclic) bond motifs is 4. The van der Waals surface area contributed by atoms with Crippen LogP contribution in [0.5, 0.6) is 0 Å². The number of rotatable bonds is 11. The van der Waals surface area contributed by atoms with Crippen LogP contribution >= 0.6 is 0 Å². The summed E-state index contributed by atoms with van der Waals surface area (Å²) in [4.78, 5) is 16.8. The molecule has 0 amide bonds. The smallest absolute Gasteiger partial charge is 0.162 e. The van der Waals surface area contributed by atoms with Gasteiger partial charge in [-0.1, -0.05) is 115 Å². The van der Waals surface area contributed by atoms with Crippen molar-refractivity contribution >= 4 is 38.5 Å². The van der Waals surface area contributed by atoms with Crippen LogP contribution in [-0.4, -0.2) is 15.9 Å². The van der Waals surface area contributed by atoms with Gasteiger partial charge in [-0.25, -0.2) is 0 Å². The van der Waals surface area contributed by atoms with Crippen LogP contribution in [-0.2, 0) is 24.9 Å². The van der Waals surface area contributed by atoms with Crippen LogP contribution in [0.2, 0.25) is 0 Å². The minimum atomic E-state index is 0. The van der Waals surface area contributed by atoms with Crippen molar-refractivity contribution in [3.05, 3.63) is 89.3 Å². The first kappa shape index (κ1) is 39.9. The zero-order valence-corrected chi connectivity index (χ0v) is 34.6. The Morgan fingerprint density at radius 2 is 1.46 bits per heavy atom. The number of aromatic nitrogens is 1. The molecule has 279 valence electrons. The molecule has 0 atom stereocenters. The van der Waals surface area contributed by atoms with Gasteiger partial charge < -0.3 is 14.5 Å². The van der Waals surface area contributed by atoms with Crippen LogP contribution in [0.25, 0.3) is 44.0 Å². The second-order valence-electron chi connectivity index (χ2n) is 15.4. The van der Waals surface area contributed by atoms with Crippen molar-refractivity contribution in [2.24, 2.45) is 11.8 Å². The molecule has 0 spiro atoms. The molecular formula is C47H58IrNO3-. The number of furan rings is 1. The summed E-state index contributed by atoms with van der Waals surface area (Å²) in [6.45, 7) is 12.6. The van der Waals surface area contributed by atoms with E-state index in [2.05, 4.69) is 74.6 Å². The van der Waals surface area contributed by atoms with Gasteiger partial charge >= 0.3 is 0 Å². The molecule has 1 radical (unpaired) electrons. The number of para-hydroxylation sites is 1. The van der Waals surface area contributed by atoms with Crippen LogP contribution in [0.1, 0.15) is 153 Å². The van der Waals surface area contributed by atoms with Crippen molar-refractivity contribution in [2.75, 3.05) is 0 Å². The Kier molecular flexibility index (Phi) is 14.0. The van der Waals surface area contributed by atoms with Gasteiger partial charge in [-0.15, -0.1) is 17.7 Å². The first-order valence-corrected chi connectivity index (χ1v) is 20.0. The van der Waals surface area contributed by atoms with Crippen LogP contribution < -0.4 is 0 Å². The molecule has 5 heteroatoms. The first-order chi connectivity index (χ1) is 24.8. The van der Waals surface area contributed by atoms with E-state index in [1.165, 1.54) is 95.7 Å². The molecule has 2 heterocycles. The summed E-state index contributed by atoms with van der Waals surface area (Å²) in [5.74, 6) is 2.25. The van der Waals surface area contributed by atoms with Gasteiger partial charge in [-0.05, 0) is 103 Å². The molecule has 2 aliphatic rings. The third kappa shape index (κ3) is 8.42. The zero-order valence-electron chi connectivity index (χ0n) is 32.2. The van der Waals surface area contributed by atoms with Gasteiger partial charge in [0.05, 0.1) is 11.3 Å². The summed E-state index contributed by atoms with van der Waals surface area (Å²) >= 11 is 0. The molecule has 5 aromatic rings. The van der Waals surface area contributed by atoms with E-state index < -0.39 is 0 Å². The summed E-state index contributed by atoms with van der Waals surface area (Å²) in [6.07, 6.45) is 17.5. The summed E-state index contributed by atoms with van der Waals surface area (Å²) in [7, 11) is 0. The molecule has 2 fully saturated rings. The van der Waals surface area contributed by atoms with Crippen molar-refractivity contribution in [1.29, 1.82) is 0 Å². The number of aliphatic hydroxyl groups excluding tert-OH is 1. The number of hydrogen-bond acceptors (Lipinski definition) is 4. The normalized spacial score (nSPS) is 15.7. The second-order valence-corrected chi connectivity index (χ2v) is 15.4. The number of ketones is 1. The fourth-order valence-electron chi connectivity index (χ4n) is 8.64. The number of nitrogens with zero attached hydrogens (tertiary/aromatic N) is 1. The standard InChI is InChI=1S/C34H34NO.C13H24O2.Ir/c1-21(2)31-20-35-33(27-16-15-24(17-28(27)31)22-9-3-4-10-22)30-19-25(23-11-5-6-12-23)18-29-26-13-7-8-14-32(26)36-34(29)30;1-5-10(6-2)12(14)9-13(15)11(7-3)8-4;/h7-8,13-18,20-23H,3-6,9-12H2,1-2H3;9-11,14H,5-8H2,1-4H3;/q-1;;/b;12-9-;. The van der Waals surface area contributed by atoms with E-state index in [9.17, 15) is 9.90 Å². The maximum Gasteiger partial charge on any atom is 0.162 e. The topological polar surface area (TPSA) is 63.3 Å². The largest absolute Gasteiger partial charge is 0.512 e. The number of carbonyl (C=O) groups excluding carboxylic acids is 1. The molecule has 0 saturated heterocycles. The number of pyridine rings is 1. The van der Waals surface area contributed by atoms with Gasteiger partial charge in [-0.2, -0.15) is 0 Å². The summed E-state index contributed by atoms with van der Waals surface area (Å²) in [5, 5.41) is 14.7. The molecule has 2 saturated carbocycles. The molecule has 2 aromatic heterocycles. The van der Waals surface area contributed by atoms with Crippen molar-refractivity contribution in [3.8, 4) is 11.3 Å². The summed E-state index contributed by atoms with van der Waals surface area (Å²) in [5.41, 5.74) is 8.06. The Balaban J connectivity index is 0.000000280. The quantitative estimate of drug-likeness (QED) is 0.0816. The van der Waals surface area contributed by atoms with Crippen LogP contribution in [0.4, 0.5) is 0 Å². The molecule has 0 aliphatic heterocycles. The number of hydrogen-bond donors (Lipinski definition) is 1. The van der Waals surface area contributed by atoms with Crippen molar-refractivity contribution in [3.63, 3.8) is 0 Å². The predicted octanol–water partition coefficient (Wildman–Crippen LogP) is 13.9. The molecule has 52 heavy (non-hydrogen) atoms. The molecule has 3 aromatic carbocycles. The number of benzene rings is 3. The summed E-state index contributed by atoms with van der Waals surface area (Å²) in [6, 6.07) is 21.8. The van der Waals surface area contributed by atoms with E-state index in [0.717, 1.165) is 48.1 Å². The number of allylic oxidation sites excluding steroid dienone is 2. The predicted molar refractivity (Wildman–Crippen MR) is 214 cm³/mol. The third-order valence-electron chi connectivity index (χ3n) is 11.9. The monoisotopic (exact) mass is 877 g/mol. The Bertz CT molecular complexity index is 1990. The van der Waals surface area contributed by atoms with Gasteiger partial charge in [-0.3, -0.25) is 4.79 Å². The average Bonchev–Trinajstić information content (AvgIpc) is 3.94. The third-order valence-corrected chi connectivity index (χ3v) is 11.9. The van der Waals surface area contributed by atoms with E-state index in [-0.39, 0.29) is 43.5 Å². The van der Waals surface area contributed by atoms with Gasteiger partial charge in [0.1, 0.15) is 5.58 Å². The molecular weight excluding hydrogens is 819 g/mol. The minimum Gasteiger partial charge on any atom is -0.512 e. The van der Waals surface area contributed by atoms with Crippen molar-refractivity contribution in [1.82, 2.24) is 4.98 Å². The van der Waals surface area contributed by atoms with E-state index >= 15 is 0 Å². The summed E-state index contributed by atoms with van der Waals surface area (Å²) < 4.78 is 6.52. The molecule has 1 N–H and O–H groups in total. The Morgan fingerprint density at radius 3 is 2.10 bits per heavy atom. The van der Waals surface area contributed by atoms with Gasteiger partial charge in [0.2, 0.25) is 0 Å². The fraction of sp³-hybridized carbons (Fsp3) is 0.489. The molecule has 0 unspecified atom stereocenters. The van der Waals surface area contributed by atoms with Crippen LogP contribution in [0, 0.1) is 17.9 Å². The maximum atomic E-state index is 11.7. The first-order valence-electron chi connectivity index (χ1n) is 20.0. The Hall–Kier alpha value is -3.27. The van der Waals surface area contributed by atoms with Crippen molar-refractivity contribution < 1.29 is 34.4 Å². The molecule has 2 aliphatic carbocycles. The average molecular weight is 877 g/mol. The van der Waals surface area contributed by atoms with E-state index in [1.54, 1.807) is 0 Å². The number of aliphatic hydroxyl groups is 1. The Labute approximate surface area is 325 Å². The SMILES string of the molecule is CC(C)c1cnc(-c2[c-]c(C3CCCC3)cc3c2oc2ccccc23)c2ccc(C3CCCC3)cc12.CCC(CC)C(=O)/C=C(\O)C(CC)CC.[Ir]. The van der Waals surface area contributed by atoms with E-state index in [4.69, 9.17) is 9.40 Å². The van der Waals surface area contributed by atoms with Gasteiger partial charge in [0, 0.05) is 49.6 Å².